The Morgan fingerprint density at radius 1 is 1.30 bits per heavy atom. The van der Waals surface area contributed by atoms with E-state index in [1.807, 2.05) is 13.8 Å². The molecule has 0 saturated heterocycles. The molecule has 2 aromatic rings. The number of aromatic nitrogens is 4. The average molecular weight is 318 g/mol. The Kier molecular flexibility index (Phi) is 4.53. The predicted molar refractivity (Wildman–Crippen MR) is 86.6 cm³/mol. The van der Waals surface area contributed by atoms with Gasteiger partial charge in [0.25, 0.3) is 11.8 Å². The van der Waals surface area contributed by atoms with Gasteiger partial charge in [-0.25, -0.2) is 0 Å². The molecule has 1 N–H and O–H groups in total. The largest absolute Gasteiger partial charge is 0.343 e. The lowest BCUT2D eigenvalue weighted by Crippen LogP contribution is -2.26. The molecule has 2 amide bonds. The SMILES string of the molecule is CCn1ncc(NC(=O)c2c(C)nn(C)c2C)c1C(=O)N(C)C. The molecule has 8 heteroatoms. The highest BCUT2D eigenvalue weighted by molar-refractivity contribution is 6.09. The summed E-state index contributed by atoms with van der Waals surface area (Å²) in [4.78, 5) is 26.4. The van der Waals surface area contributed by atoms with Crippen LogP contribution in [-0.2, 0) is 13.6 Å². The number of hydrogen-bond donors (Lipinski definition) is 1. The van der Waals surface area contributed by atoms with Crippen LogP contribution in [0.3, 0.4) is 0 Å². The zero-order chi connectivity index (χ0) is 17.3. The quantitative estimate of drug-likeness (QED) is 0.918. The number of anilines is 1. The molecule has 0 spiro atoms. The van der Waals surface area contributed by atoms with Gasteiger partial charge in [-0.3, -0.25) is 19.0 Å². The zero-order valence-corrected chi connectivity index (χ0v) is 14.3. The van der Waals surface area contributed by atoms with Gasteiger partial charge in [-0.2, -0.15) is 10.2 Å². The van der Waals surface area contributed by atoms with Crippen LogP contribution >= 0.6 is 0 Å². The van der Waals surface area contributed by atoms with Gasteiger partial charge in [-0.15, -0.1) is 0 Å². The van der Waals surface area contributed by atoms with Crippen molar-refractivity contribution < 1.29 is 9.59 Å². The van der Waals surface area contributed by atoms with Crippen LogP contribution < -0.4 is 5.32 Å². The molecule has 0 aliphatic heterocycles. The third-order valence-electron chi connectivity index (χ3n) is 3.73. The summed E-state index contributed by atoms with van der Waals surface area (Å²) < 4.78 is 3.23. The Morgan fingerprint density at radius 3 is 2.43 bits per heavy atom. The van der Waals surface area contributed by atoms with Crippen molar-refractivity contribution in [2.24, 2.45) is 7.05 Å². The van der Waals surface area contributed by atoms with E-state index in [1.165, 1.54) is 11.1 Å². The molecule has 0 aliphatic carbocycles. The van der Waals surface area contributed by atoms with Crippen LogP contribution in [0.1, 0.15) is 39.2 Å². The van der Waals surface area contributed by atoms with Crippen molar-refractivity contribution in [1.29, 1.82) is 0 Å². The van der Waals surface area contributed by atoms with Gasteiger partial charge in [0, 0.05) is 33.4 Å². The summed E-state index contributed by atoms with van der Waals surface area (Å²) in [6.45, 7) is 6.04. The molecule has 0 saturated carbocycles. The van der Waals surface area contributed by atoms with Gasteiger partial charge in [-0.05, 0) is 20.8 Å². The number of amides is 2. The van der Waals surface area contributed by atoms with E-state index in [2.05, 4.69) is 15.5 Å². The zero-order valence-electron chi connectivity index (χ0n) is 14.3. The topological polar surface area (TPSA) is 85.0 Å². The molecule has 0 bridgehead atoms. The number of carbonyl (C=O) groups excluding carboxylic acids is 2. The summed E-state index contributed by atoms with van der Waals surface area (Å²) in [6.07, 6.45) is 1.50. The maximum Gasteiger partial charge on any atom is 0.273 e. The van der Waals surface area contributed by atoms with Crippen molar-refractivity contribution in [2.45, 2.75) is 27.3 Å². The van der Waals surface area contributed by atoms with Crippen LogP contribution in [-0.4, -0.2) is 50.4 Å². The van der Waals surface area contributed by atoms with E-state index in [1.54, 1.807) is 37.4 Å². The van der Waals surface area contributed by atoms with Crippen molar-refractivity contribution in [3.8, 4) is 0 Å². The van der Waals surface area contributed by atoms with Gasteiger partial charge in [0.2, 0.25) is 0 Å². The summed E-state index contributed by atoms with van der Waals surface area (Å²) in [6, 6.07) is 0. The smallest absolute Gasteiger partial charge is 0.273 e. The first-order valence-corrected chi connectivity index (χ1v) is 7.36. The Labute approximate surface area is 135 Å². The van der Waals surface area contributed by atoms with Gasteiger partial charge < -0.3 is 10.2 Å². The van der Waals surface area contributed by atoms with E-state index in [-0.39, 0.29) is 11.8 Å². The molecule has 0 fully saturated rings. The second-order valence-corrected chi connectivity index (χ2v) is 5.55. The second-order valence-electron chi connectivity index (χ2n) is 5.55. The highest BCUT2D eigenvalue weighted by Crippen LogP contribution is 2.20. The lowest BCUT2D eigenvalue weighted by Gasteiger charge is -2.13. The highest BCUT2D eigenvalue weighted by atomic mass is 16.2. The maximum atomic E-state index is 12.6. The average Bonchev–Trinajstić information content (AvgIpc) is 2.99. The number of hydrogen-bond acceptors (Lipinski definition) is 4. The number of nitrogens with zero attached hydrogens (tertiary/aromatic N) is 5. The van der Waals surface area contributed by atoms with Crippen molar-refractivity contribution in [3.05, 3.63) is 28.8 Å². The van der Waals surface area contributed by atoms with Crippen LogP contribution in [0.5, 0.6) is 0 Å². The third kappa shape index (κ3) is 2.96. The predicted octanol–water partition coefficient (Wildman–Crippen LogP) is 1.21. The fourth-order valence-electron chi connectivity index (χ4n) is 2.44. The second kappa shape index (κ2) is 6.23. The summed E-state index contributed by atoms with van der Waals surface area (Å²) >= 11 is 0. The van der Waals surface area contributed by atoms with Crippen molar-refractivity contribution in [3.63, 3.8) is 0 Å². The Morgan fingerprint density at radius 2 is 1.96 bits per heavy atom. The molecule has 2 heterocycles. The fraction of sp³-hybridized carbons (Fsp3) is 0.467. The van der Waals surface area contributed by atoms with Crippen LogP contribution in [0.25, 0.3) is 0 Å². The van der Waals surface area contributed by atoms with Gasteiger partial charge in [-0.1, -0.05) is 0 Å². The molecule has 0 aromatic carbocycles. The molecule has 0 aliphatic rings. The van der Waals surface area contributed by atoms with Crippen LogP contribution in [0.2, 0.25) is 0 Å². The van der Waals surface area contributed by atoms with E-state index < -0.39 is 0 Å². The normalized spacial score (nSPS) is 10.7. The van der Waals surface area contributed by atoms with Crippen molar-refractivity contribution in [2.75, 3.05) is 19.4 Å². The van der Waals surface area contributed by atoms with E-state index in [0.29, 0.717) is 29.2 Å². The molecule has 0 atom stereocenters. The number of rotatable bonds is 4. The molecule has 2 aromatic heterocycles. The first-order valence-electron chi connectivity index (χ1n) is 7.36. The lowest BCUT2D eigenvalue weighted by atomic mass is 10.2. The first-order chi connectivity index (χ1) is 10.8. The molecular weight excluding hydrogens is 296 g/mol. The summed E-state index contributed by atoms with van der Waals surface area (Å²) in [5, 5.41) is 11.2. The van der Waals surface area contributed by atoms with Crippen molar-refractivity contribution >= 4 is 17.5 Å². The maximum absolute atomic E-state index is 12.6. The minimum absolute atomic E-state index is 0.209. The number of aryl methyl sites for hydroxylation is 3. The molecular formula is C15H22N6O2. The summed E-state index contributed by atoms with van der Waals surface area (Å²) in [7, 11) is 5.11. The minimum Gasteiger partial charge on any atom is -0.343 e. The van der Waals surface area contributed by atoms with Gasteiger partial charge >= 0.3 is 0 Å². The van der Waals surface area contributed by atoms with E-state index in [4.69, 9.17) is 0 Å². The van der Waals surface area contributed by atoms with E-state index in [9.17, 15) is 9.59 Å². The number of nitrogens with one attached hydrogen (secondary N) is 1. The van der Waals surface area contributed by atoms with Gasteiger partial charge in [0.15, 0.2) is 0 Å². The third-order valence-corrected chi connectivity index (χ3v) is 3.73. The minimum atomic E-state index is -0.295. The van der Waals surface area contributed by atoms with Crippen LogP contribution in [0, 0.1) is 13.8 Å². The fourth-order valence-corrected chi connectivity index (χ4v) is 2.44. The monoisotopic (exact) mass is 318 g/mol. The lowest BCUT2D eigenvalue weighted by molar-refractivity contribution is 0.0816. The molecule has 124 valence electrons. The van der Waals surface area contributed by atoms with E-state index >= 15 is 0 Å². The van der Waals surface area contributed by atoms with E-state index in [0.717, 1.165) is 5.69 Å². The molecule has 2 rings (SSSR count). The highest BCUT2D eigenvalue weighted by Gasteiger charge is 2.23. The Bertz CT molecular complexity index is 756. The standard InChI is InChI=1S/C15H22N6O2/c1-7-21-13(15(23)19(4)5)11(8-16-21)17-14(22)12-9(2)18-20(6)10(12)3/h8H,7H2,1-6H3,(H,17,22). The van der Waals surface area contributed by atoms with Gasteiger partial charge in [0.05, 0.1) is 23.1 Å². The number of carbonyl (C=O) groups is 2. The van der Waals surface area contributed by atoms with Crippen LogP contribution in [0.15, 0.2) is 6.20 Å². The molecule has 8 nitrogen and oxygen atoms in total. The van der Waals surface area contributed by atoms with Crippen molar-refractivity contribution in [1.82, 2.24) is 24.5 Å². The molecule has 0 radical (unpaired) electrons. The van der Waals surface area contributed by atoms with Gasteiger partial charge in [0.1, 0.15) is 5.69 Å². The Balaban J connectivity index is 2.39. The summed E-state index contributed by atoms with van der Waals surface area (Å²) in [5.74, 6) is -0.504. The summed E-state index contributed by atoms with van der Waals surface area (Å²) in [5.41, 5.74) is 2.69. The first kappa shape index (κ1) is 16.7. The van der Waals surface area contributed by atoms with Crippen LogP contribution in [0.4, 0.5) is 5.69 Å². The molecule has 23 heavy (non-hydrogen) atoms. The Hall–Kier alpha value is -2.64. The molecule has 0 unspecified atom stereocenters.